The second kappa shape index (κ2) is 3.21. The average Bonchev–Trinajstić information content (AvgIpc) is 2.00. The minimum absolute atomic E-state index is 0.0937. The lowest BCUT2D eigenvalue weighted by Gasteiger charge is -2.54. The standard InChI is InChI=1S/C12H24O2/c1-7-11(5)8-12(6,13)10(3,4)9(2)14-11/h9,13H,7-8H2,1-6H3. The first-order valence-electron chi connectivity index (χ1n) is 5.55. The Kier molecular flexibility index (Phi) is 2.75. The van der Waals surface area contributed by atoms with Gasteiger partial charge in [-0.3, -0.25) is 0 Å². The van der Waals surface area contributed by atoms with Crippen LogP contribution in [0.5, 0.6) is 0 Å². The van der Waals surface area contributed by atoms with Gasteiger partial charge < -0.3 is 9.84 Å². The first kappa shape index (κ1) is 12.0. The molecule has 1 aliphatic heterocycles. The van der Waals surface area contributed by atoms with Gasteiger partial charge in [-0.25, -0.2) is 0 Å². The Labute approximate surface area is 87.7 Å². The van der Waals surface area contributed by atoms with E-state index in [-0.39, 0.29) is 17.1 Å². The molecule has 1 saturated heterocycles. The number of aliphatic hydroxyl groups is 1. The molecule has 84 valence electrons. The number of rotatable bonds is 1. The van der Waals surface area contributed by atoms with E-state index in [1.807, 2.05) is 6.92 Å². The molecule has 0 radical (unpaired) electrons. The van der Waals surface area contributed by atoms with Crippen molar-refractivity contribution in [1.82, 2.24) is 0 Å². The summed E-state index contributed by atoms with van der Waals surface area (Å²) >= 11 is 0. The summed E-state index contributed by atoms with van der Waals surface area (Å²) in [7, 11) is 0. The van der Waals surface area contributed by atoms with Crippen molar-refractivity contribution in [3.05, 3.63) is 0 Å². The number of hydrogen-bond acceptors (Lipinski definition) is 2. The van der Waals surface area contributed by atoms with Gasteiger partial charge in [-0.05, 0) is 27.2 Å². The highest BCUT2D eigenvalue weighted by atomic mass is 16.5. The van der Waals surface area contributed by atoms with Crippen molar-refractivity contribution in [3.8, 4) is 0 Å². The summed E-state index contributed by atoms with van der Waals surface area (Å²) in [6.45, 7) is 12.3. The summed E-state index contributed by atoms with van der Waals surface area (Å²) in [5, 5.41) is 10.5. The van der Waals surface area contributed by atoms with Gasteiger partial charge in [-0.15, -0.1) is 0 Å². The predicted octanol–water partition coefficient (Wildman–Crippen LogP) is 2.74. The van der Waals surface area contributed by atoms with Gasteiger partial charge in [0.25, 0.3) is 0 Å². The van der Waals surface area contributed by atoms with E-state index < -0.39 is 5.60 Å². The molecule has 1 aliphatic rings. The molecule has 0 aromatic carbocycles. The molecule has 1 N–H and O–H groups in total. The Hall–Kier alpha value is -0.0800. The third-order valence-electron chi connectivity index (χ3n) is 4.33. The molecule has 0 aliphatic carbocycles. The van der Waals surface area contributed by atoms with Crippen LogP contribution in [0.3, 0.4) is 0 Å². The fourth-order valence-corrected chi connectivity index (χ4v) is 2.22. The maximum atomic E-state index is 10.5. The van der Waals surface area contributed by atoms with Gasteiger partial charge in [-0.2, -0.15) is 0 Å². The van der Waals surface area contributed by atoms with E-state index in [2.05, 4.69) is 34.6 Å². The minimum Gasteiger partial charge on any atom is -0.389 e. The molecule has 1 fully saturated rings. The van der Waals surface area contributed by atoms with E-state index >= 15 is 0 Å². The fourth-order valence-electron chi connectivity index (χ4n) is 2.22. The van der Waals surface area contributed by atoms with Crippen molar-refractivity contribution in [2.24, 2.45) is 5.41 Å². The molecule has 3 unspecified atom stereocenters. The summed E-state index contributed by atoms with van der Waals surface area (Å²) in [5.41, 5.74) is -0.991. The molecular formula is C12H24O2. The van der Waals surface area contributed by atoms with Crippen molar-refractivity contribution >= 4 is 0 Å². The minimum atomic E-state index is -0.643. The molecule has 0 saturated carbocycles. The van der Waals surface area contributed by atoms with Crippen LogP contribution in [0.25, 0.3) is 0 Å². The molecule has 0 amide bonds. The Balaban J connectivity index is 2.96. The summed E-state index contributed by atoms with van der Waals surface area (Å²) in [5.74, 6) is 0. The van der Waals surface area contributed by atoms with Crippen molar-refractivity contribution < 1.29 is 9.84 Å². The maximum absolute atomic E-state index is 10.5. The van der Waals surface area contributed by atoms with Gasteiger partial charge in [-0.1, -0.05) is 20.8 Å². The van der Waals surface area contributed by atoms with Crippen molar-refractivity contribution in [2.45, 2.75) is 71.7 Å². The van der Waals surface area contributed by atoms with Gasteiger partial charge in [0.2, 0.25) is 0 Å². The van der Waals surface area contributed by atoms with Gasteiger partial charge in [0.05, 0.1) is 17.3 Å². The van der Waals surface area contributed by atoms with E-state index in [1.54, 1.807) is 0 Å². The normalized spacial score (nSPS) is 47.8. The average molecular weight is 200 g/mol. The highest BCUT2D eigenvalue weighted by Crippen LogP contribution is 2.48. The molecule has 3 atom stereocenters. The van der Waals surface area contributed by atoms with Crippen LogP contribution in [-0.4, -0.2) is 22.4 Å². The van der Waals surface area contributed by atoms with Crippen LogP contribution in [0.1, 0.15) is 54.4 Å². The molecule has 2 nitrogen and oxygen atoms in total. The molecule has 0 aromatic rings. The zero-order valence-corrected chi connectivity index (χ0v) is 10.3. The van der Waals surface area contributed by atoms with E-state index in [0.717, 1.165) is 6.42 Å². The Morgan fingerprint density at radius 1 is 1.29 bits per heavy atom. The van der Waals surface area contributed by atoms with Crippen molar-refractivity contribution in [1.29, 1.82) is 0 Å². The SMILES string of the molecule is CCC1(C)CC(C)(O)C(C)(C)C(C)O1. The second-order valence-corrected chi connectivity index (χ2v) is 5.74. The van der Waals surface area contributed by atoms with Crippen molar-refractivity contribution in [2.75, 3.05) is 0 Å². The maximum Gasteiger partial charge on any atom is 0.0722 e. The van der Waals surface area contributed by atoms with Gasteiger partial charge in [0, 0.05) is 11.8 Å². The third kappa shape index (κ3) is 1.70. The van der Waals surface area contributed by atoms with E-state index in [9.17, 15) is 5.11 Å². The quantitative estimate of drug-likeness (QED) is 0.705. The topological polar surface area (TPSA) is 29.5 Å². The van der Waals surface area contributed by atoms with Crippen LogP contribution in [0.2, 0.25) is 0 Å². The highest BCUT2D eigenvalue weighted by Gasteiger charge is 2.53. The monoisotopic (exact) mass is 200 g/mol. The molecule has 0 bridgehead atoms. The van der Waals surface area contributed by atoms with Gasteiger partial charge >= 0.3 is 0 Å². The fraction of sp³-hybridized carbons (Fsp3) is 1.00. The molecular weight excluding hydrogens is 176 g/mol. The smallest absolute Gasteiger partial charge is 0.0722 e. The lowest BCUT2D eigenvalue weighted by Crippen LogP contribution is -2.60. The summed E-state index contributed by atoms with van der Waals surface area (Å²) in [4.78, 5) is 0. The number of hydrogen-bond donors (Lipinski definition) is 1. The molecule has 2 heteroatoms. The molecule has 0 aromatic heterocycles. The van der Waals surface area contributed by atoms with Crippen LogP contribution in [0.4, 0.5) is 0 Å². The number of ether oxygens (including phenoxy) is 1. The van der Waals surface area contributed by atoms with E-state index in [4.69, 9.17) is 4.74 Å². The van der Waals surface area contributed by atoms with Gasteiger partial charge in [0.1, 0.15) is 0 Å². The lowest BCUT2D eigenvalue weighted by atomic mass is 9.65. The second-order valence-electron chi connectivity index (χ2n) is 5.74. The summed E-state index contributed by atoms with van der Waals surface area (Å²) < 4.78 is 6.01. The zero-order valence-electron chi connectivity index (χ0n) is 10.3. The molecule has 1 heterocycles. The highest BCUT2D eigenvalue weighted by molar-refractivity contribution is 5.02. The molecule has 1 rings (SSSR count). The first-order chi connectivity index (χ1) is 6.15. The van der Waals surface area contributed by atoms with Crippen LogP contribution in [0.15, 0.2) is 0 Å². The summed E-state index contributed by atoms with van der Waals surface area (Å²) in [6.07, 6.45) is 1.76. The largest absolute Gasteiger partial charge is 0.389 e. The Morgan fingerprint density at radius 2 is 1.79 bits per heavy atom. The third-order valence-corrected chi connectivity index (χ3v) is 4.33. The van der Waals surface area contributed by atoms with Crippen LogP contribution >= 0.6 is 0 Å². The van der Waals surface area contributed by atoms with Crippen molar-refractivity contribution in [3.63, 3.8) is 0 Å². The van der Waals surface area contributed by atoms with Crippen LogP contribution in [0, 0.1) is 5.41 Å². The first-order valence-corrected chi connectivity index (χ1v) is 5.55. The summed E-state index contributed by atoms with van der Waals surface area (Å²) in [6, 6.07) is 0. The van der Waals surface area contributed by atoms with Gasteiger partial charge in [0.15, 0.2) is 0 Å². The van der Waals surface area contributed by atoms with E-state index in [0.29, 0.717) is 6.42 Å². The van der Waals surface area contributed by atoms with Crippen LogP contribution < -0.4 is 0 Å². The van der Waals surface area contributed by atoms with Crippen LogP contribution in [-0.2, 0) is 4.74 Å². The Morgan fingerprint density at radius 3 is 2.14 bits per heavy atom. The Bertz CT molecular complexity index is 220. The van der Waals surface area contributed by atoms with E-state index in [1.165, 1.54) is 0 Å². The molecule has 14 heavy (non-hydrogen) atoms. The zero-order chi connectivity index (χ0) is 11.2. The molecule has 0 spiro atoms. The predicted molar refractivity (Wildman–Crippen MR) is 58.3 cm³/mol. The lowest BCUT2D eigenvalue weighted by molar-refractivity contribution is -0.248.